The maximum Gasteiger partial charge on any atom is 0.142 e. The Morgan fingerprint density at radius 1 is 1.04 bits per heavy atom. The van der Waals surface area contributed by atoms with Gasteiger partial charge in [-0.25, -0.2) is 0 Å². The zero-order valence-corrected chi connectivity index (χ0v) is 16.8. The number of benzene rings is 2. The van der Waals surface area contributed by atoms with Gasteiger partial charge < -0.3 is 10.0 Å². The van der Waals surface area contributed by atoms with E-state index in [1.165, 1.54) is 11.1 Å². The lowest BCUT2D eigenvalue weighted by Crippen LogP contribution is -2.35. The van der Waals surface area contributed by atoms with Crippen molar-refractivity contribution in [2.75, 3.05) is 14.1 Å². The van der Waals surface area contributed by atoms with E-state index in [9.17, 15) is 9.90 Å². The van der Waals surface area contributed by atoms with Gasteiger partial charge in [0.05, 0.1) is 6.10 Å². The van der Waals surface area contributed by atoms with E-state index >= 15 is 0 Å². The molecule has 2 aromatic rings. The first-order valence-corrected chi connectivity index (χ1v) is 9.99. The highest BCUT2D eigenvalue weighted by atomic mass is 35.5. The number of Topliss-reactive ketones (excluding diaryl/α,β-unsaturated/α-hetero) is 1. The molecule has 0 aliphatic heterocycles. The Balaban J connectivity index is 1.66. The molecule has 4 heteroatoms. The van der Waals surface area contributed by atoms with E-state index < -0.39 is 6.10 Å². The highest BCUT2D eigenvalue weighted by molar-refractivity contribution is 6.30. The third-order valence-electron chi connectivity index (χ3n) is 5.47. The number of hydrogen-bond acceptors (Lipinski definition) is 3. The number of halogens is 1. The van der Waals surface area contributed by atoms with Crippen molar-refractivity contribution < 1.29 is 9.90 Å². The van der Waals surface area contributed by atoms with Crippen LogP contribution in [0.15, 0.2) is 48.5 Å². The van der Waals surface area contributed by atoms with E-state index in [4.69, 9.17) is 11.6 Å². The fourth-order valence-electron chi connectivity index (χ4n) is 4.00. The number of aliphatic hydroxyl groups is 1. The second-order valence-electron chi connectivity index (χ2n) is 7.93. The standard InChI is InChI=1S/C23H28ClNO2/c1-25(2)15-17-3-7-18(8-4-17)19-9-12-22(26)21(14-19)23(27)13-16-5-10-20(24)11-6-16/h3-8,10-11,19,21-22,26H,9,12-15H2,1-2H3. The van der Waals surface area contributed by atoms with Crippen LogP contribution in [0.4, 0.5) is 0 Å². The average Bonchev–Trinajstić information content (AvgIpc) is 2.64. The molecule has 3 nitrogen and oxygen atoms in total. The summed E-state index contributed by atoms with van der Waals surface area (Å²) in [5.41, 5.74) is 3.51. The number of rotatable bonds is 6. The zero-order valence-electron chi connectivity index (χ0n) is 16.1. The lowest BCUT2D eigenvalue weighted by molar-refractivity contribution is -0.127. The molecule has 1 fully saturated rings. The maximum atomic E-state index is 12.8. The lowest BCUT2D eigenvalue weighted by Gasteiger charge is -2.33. The molecule has 0 amide bonds. The van der Waals surface area contributed by atoms with Crippen LogP contribution < -0.4 is 0 Å². The van der Waals surface area contributed by atoms with Gasteiger partial charge in [0.25, 0.3) is 0 Å². The molecule has 0 saturated heterocycles. The Bertz CT molecular complexity index is 755. The number of hydrogen-bond donors (Lipinski definition) is 1. The summed E-state index contributed by atoms with van der Waals surface area (Å²) in [6.07, 6.45) is 2.16. The molecule has 3 rings (SSSR count). The molecule has 1 aliphatic carbocycles. The first kappa shape index (κ1) is 20.1. The zero-order chi connectivity index (χ0) is 19.4. The van der Waals surface area contributed by atoms with Crippen molar-refractivity contribution in [3.05, 3.63) is 70.2 Å². The average molecular weight is 386 g/mol. The van der Waals surface area contributed by atoms with Gasteiger partial charge in [-0.15, -0.1) is 0 Å². The summed E-state index contributed by atoms with van der Waals surface area (Å²) in [6, 6.07) is 16.1. The van der Waals surface area contributed by atoms with E-state index in [0.717, 1.165) is 24.9 Å². The Hall–Kier alpha value is -1.68. The topological polar surface area (TPSA) is 40.5 Å². The lowest BCUT2D eigenvalue weighted by atomic mass is 9.74. The molecule has 3 unspecified atom stereocenters. The Morgan fingerprint density at radius 3 is 2.30 bits per heavy atom. The van der Waals surface area contributed by atoms with Gasteiger partial charge in [-0.05, 0) is 68.1 Å². The van der Waals surface area contributed by atoms with Gasteiger partial charge in [0.15, 0.2) is 0 Å². The summed E-state index contributed by atoms with van der Waals surface area (Å²) in [5, 5.41) is 11.1. The van der Waals surface area contributed by atoms with Crippen LogP contribution in [0.2, 0.25) is 5.02 Å². The molecule has 0 bridgehead atoms. The Labute approximate surface area is 167 Å². The normalized spacial score (nSPS) is 22.8. The van der Waals surface area contributed by atoms with E-state index in [1.54, 1.807) is 12.1 Å². The second-order valence-corrected chi connectivity index (χ2v) is 8.37. The first-order chi connectivity index (χ1) is 12.9. The van der Waals surface area contributed by atoms with Crippen LogP contribution >= 0.6 is 11.6 Å². The minimum atomic E-state index is -0.533. The molecule has 1 aliphatic rings. The predicted molar refractivity (Wildman–Crippen MR) is 110 cm³/mol. The molecular weight excluding hydrogens is 358 g/mol. The molecular formula is C23H28ClNO2. The van der Waals surface area contributed by atoms with Crippen molar-refractivity contribution in [1.29, 1.82) is 0 Å². The van der Waals surface area contributed by atoms with Crippen LogP contribution in [-0.2, 0) is 17.8 Å². The number of carbonyl (C=O) groups is 1. The maximum absolute atomic E-state index is 12.8. The summed E-state index contributed by atoms with van der Waals surface area (Å²) in [7, 11) is 4.13. The van der Waals surface area contributed by atoms with Gasteiger partial charge in [-0.2, -0.15) is 0 Å². The summed E-state index contributed by atoms with van der Waals surface area (Å²) in [5.74, 6) is 0.167. The van der Waals surface area contributed by atoms with Gasteiger partial charge in [-0.3, -0.25) is 4.79 Å². The second kappa shape index (κ2) is 9.01. The Morgan fingerprint density at radius 2 is 1.67 bits per heavy atom. The van der Waals surface area contributed by atoms with E-state index in [-0.39, 0.29) is 11.7 Å². The monoisotopic (exact) mass is 385 g/mol. The third-order valence-corrected chi connectivity index (χ3v) is 5.72. The molecule has 1 N–H and O–H groups in total. The van der Waals surface area contributed by atoms with Crippen LogP contribution in [0.5, 0.6) is 0 Å². The molecule has 0 aromatic heterocycles. The van der Waals surface area contributed by atoms with Crippen molar-refractivity contribution in [2.24, 2.45) is 5.92 Å². The fourth-order valence-corrected chi connectivity index (χ4v) is 4.12. The number of carbonyl (C=O) groups excluding carboxylic acids is 1. The summed E-state index contributed by atoms with van der Waals surface area (Å²) in [6.45, 7) is 0.922. The fraction of sp³-hybridized carbons (Fsp3) is 0.435. The summed E-state index contributed by atoms with van der Waals surface area (Å²) < 4.78 is 0. The van der Waals surface area contributed by atoms with Crippen LogP contribution in [0.1, 0.15) is 41.9 Å². The van der Waals surface area contributed by atoms with Gasteiger partial charge in [0.1, 0.15) is 5.78 Å². The van der Waals surface area contributed by atoms with Crippen LogP contribution in [0.3, 0.4) is 0 Å². The van der Waals surface area contributed by atoms with Crippen molar-refractivity contribution in [1.82, 2.24) is 4.90 Å². The van der Waals surface area contributed by atoms with Crippen LogP contribution in [0, 0.1) is 5.92 Å². The van der Waals surface area contributed by atoms with Gasteiger partial charge in [-0.1, -0.05) is 48.0 Å². The minimum Gasteiger partial charge on any atom is -0.392 e. The summed E-state index contributed by atoms with van der Waals surface area (Å²) in [4.78, 5) is 15.0. The molecule has 3 atom stereocenters. The molecule has 144 valence electrons. The number of nitrogens with zero attached hydrogens (tertiary/aromatic N) is 1. The largest absolute Gasteiger partial charge is 0.392 e. The highest BCUT2D eigenvalue weighted by Gasteiger charge is 2.34. The third kappa shape index (κ3) is 5.41. The van der Waals surface area contributed by atoms with Crippen LogP contribution in [-0.4, -0.2) is 36.0 Å². The van der Waals surface area contributed by atoms with E-state index in [0.29, 0.717) is 23.8 Å². The van der Waals surface area contributed by atoms with Crippen LogP contribution in [0.25, 0.3) is 0 Å². The summed E-state index contributed by atoms with van der Waals surface area (Å²) >= 11 is 5.92. The van der Waals surface area contributed by atoms with E-state index in [1.807, 2.05) is 12.1 Å². The molecule has 0 radical (unpaired) electrons. The number of ketones is 1. The molecule has 27 heavy (non-hydrogen) atoms. The number of aliphatic hydroxyl groups excluding tert-OH is 1. The van der Waals surface area contributed by atoms with Gasteiger partial charge >= 0.3 is 0 Å². The van der Waals surface area contributed by atoms with Crippen molar-refractivity contribution >= 4 is 17.4 Å². The smallest absolute Gasteiger partial charge is 0.142 e. The quantitative estimate of drug-likeness (QED) is 0.798. The minimum absolute atomic E-state index is 0.124. The van der Waals surface area contributed by atoms with Gasteiger partial charge in [0.2, 0.25) is 0 Å². The highest BCUT2D eigenvalue weighted by Crippen LogP contribution is 2.37. The van der Waals surface area contributed by atoms with Crippen molar-refractivity contribution in [3.63, 3.8) is 0 Å². The van der Waals surface area contributed by atoms with Gasteiger partial charge in [0, 0.05) is 23.9 Å². The molecule has 0 heterocycles. The molecule has 1 saturated carbocycles. The molecule has 2 aromatic carbocycles. The predicted octanol–water partition coefficient (Wildman–Crippen LogP) is 4.46. The van der Waals surface area contributed by atoms with E-state index in [2.05, 4.69) is 43.3 Å². The first-order valence-electron chi connectivity index (χ1n) is 9.61. The van der Waals surface area contributed by atoms with Crippen molar-refractivity contribution in [2.45, 2.75) is 44.2 Å². The SMILES string of the molecule is CN(C)Cc1ccc(C2CCC(O)C(C(=O)Cc3ccc(Cl)cc3)C2)cc1. The molecule has 0 spiro atoms. The van der Waals surface area contributed by atoms with Crippen molar-refractivity contribution in [3.8, 4) is 0 Å². The Kier molecular flexibility index (Phi) is 6.69.